The summed E-state index contributed by atoms with van der Waals surface area (Å²) in [5, 5.41) is 9.20. The third kappa shape index (κ3) is 13.9. The number of hydrogen-bond donors (Lipinski definition) is 1. The minimum Gasteiger partial charge on any atom is -0.493 e. The van der Waals surface area contributed by atoms with E-state index in [1.54, 1.807) is 38.5 Å². The number of ether oxygens (including phenoxy) is 7. The van der Waals surface area contributed by atoms with E-state index >= 15 is 0 Å². The molecule has 0 aliphatic rings. The number of carbonyl (C=O) groups excluding carboxylic acids is 1. The molecule has 0 amide bonds. The van der Waals surface area contributed by atoms with Crippen LogP contribution in [-0.4, -0.2) is 64.8 Å². The Bertz CT molecular complexity index is 1490. The highest BCUT2D eigenvalue weighted by atomic mass is 16.5. The van der Waals surface area contributed by atoms with Crippen molar-refractivity contribution < 1.29 is 47.9 Å². The van der Waals surface area contributed by atoms with Gasteiger partial charge in [-0.3, -0.25) is 0 Å². The van der Waals surface area contributed by atoms with Gasteiger partial charge >= 0.3 is 11.9 Å². The van der Waals surface area contributed by atoms with Crippen LogP contribution >= 0.6 is 0 Å². The van der Waals surface area contributed by atoms with E-state index in [9.17, 15) is 14.7 Å². The van der Waals surface area contributed by atoms with Crippen LogP contribution in [0.3, 0.4) is 0 Å². The summed E-state index contributed by atoms with van der Waals surface area (Å²) in [5.74, 6) is 0.624. The van der Waals surface area contributed by atoms with Gasteiger partial charge in [0, 0.05) is 52.4 Å². The molecule has 250 valence electrons. The summed E-state index contributed by atoms with van der Waals surface area (Å²) in [6.45, 7) is 2.94. The van der Waals surface area contributed by atoms with Crippen molar-refractivity contribution in [1.29, 1.82) is 0 Å². The van der Waals surface area contributed by atoms with Gasteiger partial charge < -0.3 is 38.3 Å². The van der Waals surface area contributed by atoms with Gasteiger partial charge in [0.1, 0.15) is 36.2 Å². The lowest BCUT2D eigenvalue weighted by atomic mass is 10.2. The van der Waals surface area contributed by atoms with Crippen LogP contribution in [-0.2, 0) is 27.4 Å². The molecule has 0 heterocycles. The molecule has 0 bridgehead atoms. The van der Waals surface area contributed by atoms with Crippen molar-refractivity contribution in [3.8, 4) is 23.0 Å². The molecule has 0 aliphatic carbocycles. The van der Waals surface area contributed by atoms with E-state index in [0.717, 1.165) is 24.0 Å². The molecule has 0 atom stereocenters. The Balaban J connectivity index is 0.000000256. The quantitative estimate of drug-likeness (QED) is 0.0908. The first-order chi connectivity index (χ1) is 22.9. The monoisotopic (exact) mass is 646 g/mol. The van der Waals surface area contributed by atoms with Crippen molar-refractivity contribution in [3.05, 3.63) is 119 Å². The molecule has 0 aromatic heterocycles. The Labute approximate surface area is 275 Å². The van der Waals surface area contributed by atoms with E-state index in [1.807, 2.05) is 60.7 Å². The van der Waals surface area contributed by atoms with Gasteiger partial charge in [-0.15, -0.1) is 0 Å². The molecular formula is C37H42O10. The lowest BCUT2D eigenvalue weighted by molar-refractivity contribution is 0.0598. The van der Waals surface area contributed by atoms with Crippen molar-refractivity contribution in [2.45, 2.75) is 26.1 Å². The predicted octanol–water partition coefficient (Wildman–Crippen LogP) is 6.85. The molecule has 0 unspecified atom stereocenters. The van der Waals surface area contributed by atoms with Crippen LogP contribution < -0.4 is 18.9 Å². The topological polar surface area (TPSA) is 119 Å². The van der Waals surface area contributed by atoms with Gasteiger partial charge in [-0.25, -0.2) is 9.59 Å². The lowest BCUT2D eigenvalue weighted by Crippen LogP contribution is -2.05. The maximum Gasteiger partial charge on any atom is 0.338 e. The molecule has 0 fully saturated rings. The van der Waals surface area contributed by atoms with E-state index in [1.165, 1.54) is 19.2 Å². The van der Waals surface area contributed by atoms with Crippen LogP contribution in [0.15, 0.2) is 97.1 Å². The zero-order valence-corrected chi connectivity index (χ0v) is 27.0. The van der Waals surface area contributed by atoms with Gasteiger partial charge in [0.05, 0.1) is 31.5 Å². The second-order valence-corrected chi connectivity index (χ2v) is 10.1. The average Bonchev–Trinajstić information content (AvgIpc) is 3.11. The fourth-order valence-corrected chi connectivity index (χ4v) is 4.10. The smallest absolute Gasteiger partial charge is 0.338 e. The number of aromatic carboxylic acids is 1. The Morgan fingerprint density at radius 2 is 0.936 bits per heavy atom. The van der Waals surface area contributed by atoms with E-state index in [0.29, 0.717) is 68.2 Å². The minimum atomic E-state index is -1.02. The van der Waals surface area contributed by atoms with E-state index in [-0.39, 0.29) is 5.56 Å². The number of carbonyl (C=O) groups is 2. The van der Waals surface area contributed by atoms with Gasteiger partial charge in [0.15, 0.2) is 0 Å². The second-order valence-electron chi connectivity index (χ2n) is 10.1. The summed E-state index contributed by atoms with van der Waals surface area (Å²) < 4.78 is 37.4. The average molecular weight is 647 g/mol. The standard InChI is InChI=1S/C19H22O5.C18H20O5/c1-21-9-6-10-23-17-11-16(19(20)22-2)12-18(13-17)24-14-15-7-4-3-5-8-15;1-21-8-5-9-22-16-10-15(18(19)20)11-17(12-16)23-13-14-6-3-2-4-7-14/h3-5,7-8,11-13H,6,9-10,14H2,1-2H3;2-4,6-7,10-12H,5,8-9,13H2,1H3,(H,19,20). The Morgan fingerprint density at radius 3 is 1.32 bits per heavy atom. The van der Waals surface area contributed by atoms with E-state index in [2.05, 4.69) is 0 Å². The van der Waals surface area contributed by atoms with Crippen molar-refractivity contribution in [1.82, 2.24) is 0 Å². The molecular weight excluding hydrogens is 604 g/mol. The van der Waals surface area contributed by atoms with Crippen molar-refractivity contribution in [2.24, 2.45) is 0 Å². The summed E-state index contributed by atoms with van der Waals surface area (Å²) in [5.41, 5.74) is 2.58. The molecule has 4 rings (SSSR count). The zero-order valence-electron chi connectivity index (χ0n) is 27.0. The van der Waals surface area contributed by atoms with Crippen molar-refractivity contribution in [2.75, 3.05) is 47.8 Å². The number of carboxylic acids is 1. The van der Waals surface area contributed by atoms with Gasteiger partial charge in [-0.2, -0.15) is 0 Å². The maximum atomic E-state index is 11.8. The maximum absolute atomic E-state index is 11.8. The van der Waals surface area contributed by atoms with Gasteiger partial charge in [0.2, 0.25) is 0 Å². The number of rotatable bonds is 18. The first kappa shape index (κ1) is 36.4. The summed E-state index contributed by atoms with van der Waals surface area (Å²) >= 11 is 0. The lowest BCUT2D eigenvalue weighted by Gasteiger charge is -2.12. The summed E-state index contributed by atoms with van der Waals surface area (Å²) in [6, 6.07) is 29.2. The molecule has 10 heteroatoms. The highest BCUT2D eigenvalue weighted by molar-refractivity contribution is 5.90. The normalized spacial score (nSPS) is 10.3. The van der Waals surface area contributed by atoms with Crippen LogP contribution in [0.25, 0.3) is 0 Å². The number of methoxy groups -OCH3 is 3. The summed E-state index contributed by atoms with van der Waals surface area (Å²) in [4.78, 5) is 23.0. The molecule has 47 heavy (non-hydrogen) atoms. The largest absolute Gasteiger partial charge is 0.493 e. The van der Waals surface area contributed by atoms with E-state index < -0.39 is 11.9 Å². The Hall–Kier alpha value is -5.06. The SMILES string of the molecule is COCCCOc1cc(OCc2ccccc2)cc(C(=O)O)c1.COCCCOc1cc(OCc2ccccc2)cc(C(=O)OC)c1. The van der Waals surface area contributed by atoms with Crippen molar-refractivity contribution >= 4 is 11.9 Å². The minimum absolute atomic E-state index is 0.136. The van der Waals surface area contributed by atoms with Crippen LogP contribution in [0, 0.1) is 0 Å². The molecule has 0 spiro atoms. The Morgan fingerprint density at radius 1 is 0.532 bits per heavy atom. The third-order valence-corrected chi connectivity index (χ3v) is 6.45. The molecule has 1 N–H and O–H groups in total. The highest BCUT2D eigenvalue weighted by Gasteiger charge is 2.12. The molecule has 0 aliphatic heterocycles. The van der Waals surface area contributed by atoms with Crippen LogP contribution in [0.1, 0.15) is 44.7 Å². The number of esters is 1. The molecule has 0 saturated heterocycles. The van der Waals surface area contributed by atoms with Gasteiger partial charge in [-0.1, -0.05) is 60.7 Å². The number of carboxylic acid groups (broad SMARTS) is 1. The zero-order chi connectivity index (χ0) is 33.7. The summed E-state index contributed by atoms with van der Waals surface area (Å²) in [6.07, 6.45) is 1.49. The van der Waals surface area contributed by atoms with Crippen molar-refractivity contribution in [3.63, 3.8) is 0 Å². The van der Waals surface area contributed by atoms with Crippen LogP contribution in [0.5, 0.6) is 23.0 Å². The second kappa shape index (κ2) is 20.9. The summed E-state index contributed by atoms with van der Waals surface area (Å²) in [7, 11) is 4.62. The first-order valence-electron chi connectivity index (χ1n) is 15.1. The molecule has 10 nitrogen and oxygen atoms in total. The third-order valence-electron chi connectivity index (χ3n) is 6.45. The molecule has 4 aromatic rings. The van der Waals surface area contributed by atoms with Crippen LogP contribution in [0.2, 0.25) is 0 Å². The van der Waals surface area contributed by atoms with E-state index in [4.69, 9.17) is 33.2 Å². The molecule has 0 radical (unpaired) electrons. The number of hydrogen-bond acceptors (Lipinski definition) is 9. The Kier molecular flexibility index (Phi) is 16.2. The predicted molar refractivity (Wildman–Crippen MR) is 177 cm³/mol. The molecule has 0 saturated carbocycles. The van der Waals surface area contributed by atoms with Gasteiger partial charge in [-0.05, 0) is 35.4 Å². The number of benzene rings is 4. The first-order valence-corrected chi connectivity index (χ1v) is 15.1. The fourth-order valence-electron chi connectivity index (χ4n) is 4.10. The molecule has 4 aromatic carbocycles. The fraction of sp³-hybridized carbons (Fsp3) is 0.297. The van der Waals surface area contributed by atoms with Crippen LogP contribution in [0.4, 0.5) is 0 Å². The highest BCUT2D eigenvalue weighted by Crippen LogP contribution is 2.26. The van der Waals surface area contributed by atoms with Gasteiger partial charge in [0.25, 0.3) is 0 Å².